The van der Waals surface area contributed by atoms with E-state index in [9.17, 15) is 43.7 Å². The van der Waals surface area contributed by atoms with Crippen molar-refractivity contribution in [2.45, 2.75) is 30.4 Å². The molecule has 0 fully saturated rings. The fraction of sp³-hybridized carbons (Fsp3) is 1.00. The molecule has 0 aliphatic rings. The summed E-state index contributed by atoms with van der Waals surface area (Å²) in [5.74, 6) is -14.3. The predicted octanol–water partition coefficient (Wildman–Crippen LogP) is 2.47. The third-order valence-corrected chi connectivity index (χ3v) is 3.23. The van der Waals surface area contributed by atoms with E-state index in [1.54, 1.807) is 0 Å². The first-order valence-corrected chi connectivity index (χ1v) is 6.28. The maximum absolute atomic E-state index is 13.5. The second kappa shape index (κ2) is 7.08. The minimum absolute atomic E-state index is 0.771. The fourth-order valence-electron chi connectivity index (χ4n) is 1.18. The van der Waals surface area contributed by atoms with Crippen molar-refractivity contribution in [1.29, 1.82) is 0 Å². The molecule has 15 heteroatoms. The van der Waals surface area contributed by atoms with Crippen molar-refractivity contribution in [2.24, 2.45) is 0 Å². The number of hydrogen-bond donors (Lipinski definition) is 1. The molecule has 5 nitrogen and oxygen atoms in total. The van der Waals surface area contributed by atoms with Crippen molar-refractivity contribution in [3.05, 3.63) is 0 Å². The van der Waals surface area contributed by atoms with Crippen molar-refractivity contribution in [1.82, 2.24) is 4.31 Å². The van der Waals surface area contributed by atoms with Gasteiger partial charge < -0.3 is 9.47 Å². The third-order valence-electron chi connectivity index (χ3n) is 2.47. The van der Waals surface area contributed by atoms with Gasteiger partial charge in [-0.3, -0.25) is 4.55 Å². The summed E-state index contributed by atoms with van der Waals surface area (Å²) in [6, 6.07) is -6.37. The first-order valence-electron chi connectivity index (χ1n) is 5.22. The zero-order valence-corrected chi connectivity index (χ0v) is 12.0. The number of rotatable bonds is 8. The first-order chi connectivity index (χ1) is 10.1. The molecular weight excluding hydrogens is 377 g/mol. The molecule has 0 spiro atoms. The van der Waals surface area contributed by atoms with Crippen LogP contribution in [0.2, 0.25) is 0 Å². The molecule has 1 N–H and O–H groups in total. The van der Waals surface area contributed by atoms with Gasteiger partial charge in [0.2, 0.25) is 11.3 Å². The van der Waals surface area contributed by atoms with Gasteiger partial charge >= 0.3 is 24.1 Å². The molecule has 1 unspecified atom stereocenters. The maximum Gasteiger partial charge on any atom is 0.460 e. The highest BCUT2D eigenvalue weighted by Gasteiger charge is 2.83. The lowest BCUT2D eigenvalue weighted by atomic mass is 10.1. The molecule has 0 amide bonds. The predicted molar refractivity (Wildman–Crippen MR) is 56.2 cm³/mol. The second-order valence-electron chi connectivity index (χ2n) is 3.88. The van der Waals surface area contributed by atoms with Gasteiger partial charge in [0.05, 0.1) is 6.54 Å². The number of hydrogen-bond acceptors (Lipinski definition) is 3. The van der Waals surface area contributed by atoms with E-state index in [1.165, 1.54) is 0 Å². The van der Waals surface area contributed by atoms with E-state index in [0.29, 0.717) is 0 Å². The largest absolute Gasteiger partial charge is 0.460 e. The zero-order chi connectivity index (χ0) is 18.9. The van der Waals surface area contributed by atoms with E-state index in [2.05, 4.69) is 9.47 Å². The van der Waals surface area contributed by atoms with Crippen molar-refractivity contribution in [2.75, 3.05) is 20.8 Å². The molecule has 0 aromatic heterocycles. The third kappa shape index (κ3) is 4.07. The van der Waals surface area contributed by atoms with Crippen LogP contribution in [-0.2, 0) is 20.7 Å². The Kier molecular flexibility index (Phi) is 6.88. The molecule has 0 aromatic carbocycles. The van der Waals surface area contributed by atoms with E-state index < -0.39 is 52.5 Å². The van der Waals surface area contributed by atoms with Crippen LogP contribution in [0.4, 0.5) is 39.5 Å². The molecule has 140 valence electrons. The lowest BCUT2D eigenvalue weighted by Crippen LogP contribution is -2.67. The van der Waals surface area contributed by atoms with Crippen molar-refractivity contribution in [3.63, 3.8) is 0 Å². The van der Waals surface area contributed by atoms with E-state index in [4.69, 9.17) is 4.55 Å². The van der Waals surface area contributed by atoms with E-state index in [0.717, 1.165) is 14.2 Å². The second-order valence-corrected chi connectivity index (χ2v) is 4.78. The number of methoxy groups -OCH3 is 2. The average Bonchev–Trinajstić information content (AvgIpc) is 2.37. The van der Waals surface area contributed by atoms with Gasteiger partial charge in [0.15, 0.2) is 6.29 Å². The molecule has 0 aliphatic carbocycles. The van der Waals surface area contributed by atoms with Crippen LogP contribution in [-0.4, -0.2) is 64.2 Å². The van der Waals surface area contributed by atoms with E-state index in [-0.39, 0.29) is 0 Å². The Morgan fingerprint density at radius 1 is 0.957 bits per heavy atom. The molecule has 0 saturated carbocycles. The summed E-state index contributed by atoms with van der Waals surface area (Å²) in [5, 5.41) is 0. The first kappa shape index (κ1) is 22.4. The fourth-order valence-corrected chi connectivity index (χ4v) is 1.74. The van der Waals surface area contributed by atoms with E-state index >= 15 is 0 Å². The normalized spacial score (nSPS) is 16.3. The minimum Gasteiger partial charge on any atom is -0.354 e. The summed E-state index contributed by atoms with van der Waals surface area (Å²) >= 11 is -4.06. The van der Waals surface area contributed by atoms with Gasteiger partial charge in [-0.1, -0.05) is 0 Å². The molecule has 0 aliphatic heterocycles. The molecule has 0 heterocycles. The van der Waals surface area contributed by atoms with Gasteiger partial charge in [-0.2, -0.15) is 39.5 Å². The van der Waals surface area contributed by atoms with Crippen LogP contribution in [0.5, 0.6) is 0 Å². The summed E-state index contributed by atoms with van der Waals surface area (Å²) in [4.78, 5) is 0. The highest BCUT2D eigenvalue weighted by Crippen LogP contribution is 2.54. The highest BCUT2D eigenvalue weighted by atomic mass is 32.2. The number of nitrogens with zero attached hydrogens (tertiary/aromatic N) is 1. The van der Waals surface area contributed by atoms with Crippen LogP contribution >= 0.6 is 0 Å². The molecule has 0 aromatic rings. The van der Waals surface area contributed by atoms with Gasteiger partial charge in [-0.05, 0) is 0 Å². The van der Waals surface area contributed by atoms with Gasteiger partial charge in [0.25, 0.3) is 0 Å². The standard InChI is InChI=1S/C8H10F9NO4S/c1-21-4(22-2)3-18(23(19)20)8(16,17)6(11,12)5(9,10)7(13,14)15/h4H,3H2,1-2H3,(H,19,20). The Morgan fingerprint density at radius 2 is 1.35 bits per heavy atom. The van der Waals surface area contributed by atoms with Gasteiger partial charge in [-0.15, -0.1) is 4.31 Å². The Bertz CT molecular complexity index is 426. The molecule has 1 atom stereocenters. The Labute approximate surface area is 125 Å². The quantitative estimate of drug-likeness (QED) is 0.301. The summed E-state index contributed by atoms with van der Waals surface area (Å²) in [6.07, 6.45) is -8.93. The summed E-state index contributed by atoms with van der Waals surface area (Å²) in [7, 11) is 1.54. The molecule has 0 saturated heterocycles. The number of halogens is 9. The lowest BCUT2D eigenvalue weighted by Gasteiger charge is -2.38. The molecule has 0 rings (SSSR count). The van der Waals surface area contributed by atoms with Crippen molar-refractivity contribution >= 4 is 11.3 Å². The average molecular weight is 387 g/mol. The zero-order valence-electron chi connectivity index (χ0n) is 11.2. The van der Waals surface area contributed by atoms with Crippen molar-refractivity contribution < 1.29 is 57.7 Å². The minimum atomic E-state index is -7.18. The van der Waals surface area contributed by atoms with Crippen LogP contribution in [0.3, 0.4) is 0 Å². The topological polar surface area (TPSA) is 59.0 Å². The van der Waals surface area contributed by atoms with Crippen LogP contribution in [0.25, 0.3) is 0 Å². The summed E-state index contributed by atoms with van der Waals surface area (Å²) < 4.78 is 141. The Balaban J connectivity index is 5.91. The smallest absolute Gasteiger partial charge is 0.354 e. The summed E-state index contributed by atoms with van der Waals surface area (Å²) in [5.41, 5.74) is 0. The van der Waals surface area contributed by atoms with E-state index in [1.807, 2.05) is 0 Å². The highest BCUT2D eigenvalue weighted by molar-refractivity contribution is 7.76. The maximum atomic E-state index is 13.5. The van der Waals surface area contributed by atoms with Crippen LogP contribution in [0.1, 0.15) is 0 Å². The van der Waals surface area contributed by atoms with Crippen LogP contribution in [0, 0.1) is 0 Å². The summed E-state index contributed by atoms with van der Waals surface area (Å²) in [6.45, 7) is -1.72. The van der Waals surface area contributed by atoms with Gasteiger partial charge in [0.1, 0.15) is 0 Å². The number of ether oxygens (including phenoxy) is 2. The van der Waals surface area contributed by atoms with Crippen LogP contribution < -0.4 is 0 Å². The molecule has 0 bridgehead atoms. The molecule has 23 heavy (non-hydrogen) atoms. The number of alkyl halides is 9. The van der Waals surface area contributed by atoms with Crippen molar-refractivity contribution in [3.8, 4) is 0 Å². The van der Waals surface area contributed by atoms with Gasteiger partial charge in [-0.25, -0.2) is 4.21 Å². The monoisotopic (exact) mass is 387 g/mol. The van der Waals surface area contributed by atoms with Gasteiger partial charge in [0, 0.05) is 14.2 Å². The molecule has 0 radical (unpaired) electrons. The lowest BCUT2D eigenvalue weighted by molar-refractivity contribution is -0.412. The molecular formula is C8H10F9NO4S. The Morgan fingerprint density at radius 3 is 1.61 bits per heavy atom. The SMILES string of the molecule is COC(CN(S(=O)O)C(F)(F)C(F)(F)C(F)(F)C(F)(F)F)OC. The van der Waals surface area contributed by atoms with Crippen LogP contribution in [0.15, 0.2) is 0 Å². The Hall–Kier alpha value is -0.640.